The number of allylic oxidation sites excluding steroid dienone is 2. The molecule has 1 aromatic rings. The fourth-order valence-corrected chi connectivity index (χ4v) is 2.32. The second kappa shape index (κ2) is 6.93. The standard InChI is InChI=1S/C14H18Cl2O/c1-4-5-6-7-10(2)11-8-12(15)14(17-3)13(16)9-11/h5-6,8-10H,4,7H2,1-3H3/b6-5-. The second-order valence-electron chi connectivity index (χ2n) is 4.03. The highest BCUT2D eigenvalue weighted by Crippen LogP contribution is 2.36. The van der Waals surface area contributed by atoms with E-state index in [0.717, 1.165) is 18.4 Å². The molecule has 0 saturated heterocycles. The van der Waals surface area contributed by atoms with E-state index >= 15 is 0 Å². The highest BCUT2D eigenvalue weighted by molar-refractivity contribution is 6.37. The van der Waals surface area contributed by atoms with Crippen LogP contribution in [-0.2, 0) is 0 Å². The summed E-state index contributed by atoms with van der Waals surface area (Å²) in [5, 5.41) is 1.14. The van der Waals surface area contributed by atoms with Gasteiger partial charge in [-0.1, -0.05) is 49.2 Å². The van der Waals surface area contributed by atoms with Crippen molar-refractivity contribution in [2.45, 2.75) is 32.6 Å². The predicted molar refractivity (Wildman–Crippen MR) is 75.5 cm³/mol. The Labute approximate surface area is 113 Å². The van der Waals surface area contributed by atoms with Gasteiger partial charge in [0.1, 0.15) is 0 Å². The number of methoxy groups -OCH3 is 1. The summed E-state index contributed by atoms with van der Waals surface area (Å²) in [5.41, 5.74) is 1.14. The Morgan fingerprint density at radius 2 is 1.82 bits per heavy atom. The van der Waals surface area contributed by atoms with Gasteiger partial charge in [-0.25, -0.2) is 0 Å². The Morgan fingerprint density at radius 3 is 2.29 bits per heavy atom. The summed E-state index contributed by atoms with van der Waals surface area (Å²) in [5.74, 6) is 0.951. The first-order valence-corrected chi connectivity index (χ1v) is 6.53. The highest BCUT2D eigenvalue weighted by Gasteiger charge is 2.11. The zero-order valence-electron chi connectivity index (χ0n) is 10.5. The van der Waals surface area contributed by atoms with Crippen molar-refractivity contribution in [3.63, 3.8) is 0 Å². The van der Waals surface area contributed by atoms with Crippen LogP contribution in [0.1, 0.15) is 38.2 Å². The van der Waals surface area contributed by atoms with E-state index in [4.69, 9.17) is 27.9 Å². The van der Waals surface area contributed by atoms with E-state index in [2.05, 4.69) is 26.0 Å². The minimum absolute atomic E-state index is 0.402. The van der Waals surface area contributed by atoms with Crippen molar-refractivity contribution in [2.75, 3.05) is 7.11 Å². The van der Waals surface area contributed by atoms with Crippen molar-refractivity contribution in [3.8, 4) is 5.75 Å². The van der Waals surface area contributed by atoms with E-state index < -0.39 is 0 Å². The Morgan fingerprint density at radius 1 is 1.24 bits per heavy atom. The number of ether oxygens (including phenoxy) is 1. The zero-order chi connectivity index (χ0) is 12.8. The van der Waals surface area contributed by atoms with Gasteiger partial charge in [0.25, 0.3) is 0 Å². The molecule has 1 unspecified atom stereocenters. The van der Waals surface area contributed by atoms with Crippen LogP contribution in [0.15, 0.2) is 24.3 Å². The lowest BCUT2D eigenvalue weighted by atomic mass is 9.97. The van der Waals surface area contributed by atoms with Gasteiger partial charge in [-0.05, 0) is 36.5 Å². The number of rotatable bonds is 5. The molecular formula is C14H18Cl2O. The third-order valence-electron chi connectivity index (χ3n) is 2.69. The first-order chi connectivity index (χ1) is 8.10. The summed E-state index contributed by atoms with van der Waals surface area (Å²) < 4.78 is 5.13. The summed E-state index contributed by atoms with van der Waals surface area (Å²) in [6.45, 7) is 4.29. The molecule has 0 aromatic heterocycles. The van der Waals surface area contributed by atoms with Crippen molar-refractivity contribution in [1.82, 2.24) is 0 Å². The highest BCUT2D eigenvalue weighted by atomic mass is 35.5. The molecule has 1 aromatic carbocycles. The quantitative estimate of drug-likeness (QED) is 0.647. The van der Waals surface area contributed by atoms with Gasteiger partial charge in [0, 0.05) is 0 Å². The van der Waals surface area contributed by atoms with Crippen molar-refractivity contribution >= 4 is 23.2 Å². The minimum Gasteiger partial charge on any atom is -0.494 e. The van der Waals surface area contributed by atoms with Gasteiger partial charge < -0.3 is 4.74 Å². The fraction of sp³-hybridized carbons (Fsp3) is 0.429. The molecule has 1 atom stereocenters. The van der Waals surface area contributed by atoms with Crippen LogP contribution in [-0.4, -0.2) is 7.11 Å². The summed E-state index contributed by atoms with van der Waals surface area (Å²) in [6.07, 6.45) is 6.42. The van der Waals surface area contributed by atoms with Gasteiger partial charge in [0.05, 0.1) is 17.2 Å². The smallest absolute Gasteiger partial charge is 0.156 e. The van der Waals surface area contributed by atoms with Gasteiger partial charge in [-0.3, -0.25) is 0 Å². The lowest BCUT2D eigenvalue weighted by Gasteiger charge is -2.13. The van der Waals surface area contributed by atoms with Crippen LogP contribution in [0.2, 0.25) is 10.0 Å². The maximum Gasteiger partial charge on any atom is 0.156 e. The first kappa shape index (κ1) is 14.4. The van der Waals surface area contributed by atoms with E-state index in [0.29, 0.717) is 21.7 Å². The zero-order valence-corrected chi connectivity index (χ0v) is 12.0. The van der Waals surface area contributed by atoms with Crippen LogP contribution in [0.5, 0.6) is 5.75 Å². The average Bonchev–Trinajstić information content (AvgIpc) is 2.28. The first-order valence-electron chi connectivity index (χ1n) is 5.78. The molecule has 0 aliphatic heterocycles. The largest absolute Gasteiger partial charge is 0.494 e. The molecule has 0 N–H and O–H groups in total. The molecule has 0 spiro atoms. The predicted octanol–water partition coefficient (Wildman–Crippen LogP) is 5.46. The molecule has 94 valence electrons. The van der Waals surface area contributed by atoms with Gasteiger partial charge in [-0.2, -0.15) is 0 Å². The van der Waals surface area contributed by atoms with Crippen LogP contribution < -0.4 is 4.74 Å². The molecule has 0 radical (unpaired) electrons. The fourth-order valence-electron chi connectivity index (χ4n) is 1.66. The van der Waals surface area contributed by atoms with E-state index in [1.165, 1.54) is 0 Å². The molecule has 0 aliphatic carbocycles. The normalized spacial score (nSPS) is 13.0. The summed E-state index contributed by atoms with van der Waals surface area (Å²) in [6, 6.07) is 3.85. The molecule has 0 saturated carbocycles. The second-order valence-corrected chi connectivity index (χ2v) is 4.85. The lowest BCUT2D eigenvalue weighted by molar-refractivity contribution is 0.415. The van der Waals surface area contributed by atoms with Gasteiger partial charge in [0.2, 0.25) is 0 Å². The molecular weight excluding hydrogens is 255 g/mol. The van der Waals surface area contributed by atoms with Gasteiger partial charge >= 0.3 is 0 Å². The van der Waals surface area contributed by atoms with Crippen LogP contribution in [0.4, 0.5) is 0 Å². The molecule has 1 nitrogen and oxygen atoms in total. The molecule has 0 fully saturated rings. The molecule has 3 heteroatoms. The Balaban J connectivity index is 2.88. The Bertz CT molecular complexity index is 376. The van der Waals surface area contributed by atoms with E-state index in [-0.39, 0.29) is 0 Å². The summed E-state index contributed by atoms with van der Waals surface area (Å²) >= 11 is 12.2. The van der Waals surface area contributed by atoms with Crippen molar-refractivity contribution in [2.24, 2.45) is 0 Å². The number of hydrogen-bond acceptors (Lipinski definition) is 1. The van der Waals surface area contributed by atoms with E-state index in [9.17, 15) is 0 Å². The van der Waals surface area contributed by atoms with Crippen LogP contribution in [0.3, 0.4) is 0 Å². The number of hydrogen-bond donors (Lipinski definition) is 0. The molecule has 0 bridgehead atoms. The Kier molecular flexibility index (Phi) is 5.87. The van der Waals surface area contributed by atoms with Crippen LogP contribution >= 0.6 is 23.2 Å². The summed E-state index contributed by atoms with van der Waals surface area (Å²) in [7, 11) is 1.57. The Hall–Kier alpha value is -0.660. The molecule has 0 heterocycles. The van der Waals surface area contributed by atoms with Crippen molar-refractivity contribution in [1.29, 1.82) is 0 Å². The molecule has 0 aliphatic rings. The third-order valence-corrected chi connectivity index (χ3v) is 3.25. The average molecular weight is 273 g/mol. The lowest BCUT2D eigenvalue weighted by Crippen LogP contribution is -1.94. The van der Waals surface area contributed by atoms with Crippen molar-refractivity contribution < 1.29 is 4.74 Å². The monoisotopic (exact) mass is 272 g/mol. The molecule has 17 heavy (non-hydrogen) atoms. The van der Waals surface area contributed by atoms with E-state index in [1.807, 2.05) is 12.1 Å². The molecule has 1 rings (SSSR count). The van der Waals surface area contributed by atoms with Crippen molar-refractivity contribution in [3.05, 3.63) is 39.9 Å². The number of benzene rings is 1. The SMILES string of the molecule is CC/C=C\CC(C)c1cc(Cl)c(OC)c(Cl)c1. The van der Waals surface area contributed by atoms with Crippen LogP contribution in [0, 0.1) is 0 Å². The molecule has 0 amide bonds. The maximum absolute atomic E-state index is 6.11. The van der Waals surface area contributed by atoms with Gasteiger partial charge in [-0.15, -0.1) is 0 Å². The maximum atomic E-state index is 6.11. The number of halogens is 2. The van der Waals surface area contributed by atoms with Gasteiger partial charge in [0.15, 0.2) is 5.75 Å². The van der Waals surface area contributed by atoms with E-state index in [1.54, 1.807) is 7.11 Å². The third kappa shape index (κ3) is 3.93. The topological polar surface area (TPSA) is 9.23 Å². The van der Waals surface area contributed by atoms with Crippen LogP contribution in [0.25, 0.3) is 0 Å². The minimum atomic E-state index is 0.402. The summed E-state index contributed by atoms with van der Waals surface area (Å²) in [4.78, 5) is 0.